The normalized spacial score (nSPS) is 16.4. The monoisotopic (exact) mass is 267 g/mol. The lowest BCUT2D eigenvalue weighted by molar-refractivity contribution is 0.436. The van der Waals surface area contributed by atoms with E-state index in [0.717, 1.165) is 12.0 Å². The zero-order chi connectivity index (χ0) is 13.8. The van der Waals surface area contributed by atoms with Gasteiger partial charge in [-0.05, 0) is 60.9 Å². The number of hydrogen-bond donors (Lipinski definition) is 1. The summed E-state index contributed by atoms with van der Waals surface area (Å²) in [6, 6.07) is 16.3. The summed E-state index contributed by atoms with van der Waals surface area (Å²) < 4.78 is 0. The summed E-state index contributed by atoms with van der Waals surface area (Å²) in [5, 5.41) is 6.46. The van der Waals surface area contributed by atoms with Crippen LogP contribution in [-0.4, -0.2) is 12.6 Å². The van der Waals surface area contributed by atoms with E-state index in [0.29, 0.717) is 0 Å². The Morgan fingerprint density at radius 1 is 1.10 bits per heavy atom. The predicted molar refractivity (Wildman–Crippen MR) is 87.1 cm³/mol. The standard InChI is InChI=1S/C19H25N/c1-2-13-20-19(17-10-11-17)12-8-15-7-9-16-5-3-4-6-18(16)14-15/h3-7,9,14,17,19-20H,2,8,10-13H2,1H3. The topological polar surface area (TPSA) is 12.0 Å². The number of hydrogen-bond acceptors (Lipinski definition) is 1. The van der Waals surface area contributed by atoms with E-state index >= 15 is 0 Å². The Balaban J connectivity index is 1.63. The fourth-order valence-corrected chi connectivity index (χ4v) is 3.05. The maximum absolute atomic E-state index is 3.74. The van der Waals surface area contributed by atoms with Crippen molar-refractivity contribution in [1.29, 1.82) is 0 Å². The molecule has 1 fully saturated rings. The van der Waals surface area contributed by atoms with Crippen molar-refractivity contribution >= 4 is 10.8 Å². The van der Waals surface area contributed by atoms with Crippen molar-refractivity contribution in [3.05, 3.63) is 48.0 Å². The highest BCUT2D eigenvalue weighted by Crippen LogP contribution is 2.34. The average Bonchev–Trinajstić information content (AvgIpc) is 3.32. The first-order valence-electron chi connectivity index (χ1n) is 8.08. The van der Waals surface area contributed by atoms with Gasteiger partial charge in [0.25, 0.3) is 0 Å². The molecular formula is C19H25N. The summed E-state index contributed by atoms with van der Waals surface area (Å²) in [5.41, 5.74) is 1.48. The third-order valence-electron chi connectivity index (χ3n) is 4.41. The van der Waals surface area contributed by atoms with Crippen LogP contribution in [-0.2, 0) is 6.42 Å². The fourth-order valence-electron chi connectivity index (χ4n) is 3.05. The molecule has 3 rings (SSSR count). The Morgan fingerprint density at radius 2 is 1.90 bits per heavy atom. The minimum absolute atomic E-state index is 0.737. The third-order valence-corrected chi connectivity index (χ3v) is 4.41. The Bertz CT molecular complexity index is 556. The van der Waals surface area contributed by atoms with Gasteiger partial charge < -0.3 is 5.32 Å². The number of nitrogens with one attached hydrogen (secondary N) is 1. The van der Waals surface area contributed by atoms with Gasteiger partial charge in [0, 0.05) is 6.04 Å². The van der Waals surface area contributed by atoms with Gasteiger partial charge in [0.05, 0.1) is 0 Å². The van der Waals surface area contributed by atoms with Crippen molar-refractivity contribution in [2.24, 2.45) is 5.92 Å². The molecule has 1 aliphatic rings. The molecule has 0 radical (unpaired) electrons. The lowest BCUT2D eigenvalue weighted by Gasteiger charge is -2.18. The molecule has 0 heterocycles. The van der Waals surface area contributed by atoms with Gasteiger partial charge in [-0.3, -0.25) is 0 Å². The van der Waals surface area contributed by atoms with Crippen LogP contribution < -0.4 is 5.32 Å². The van der Waals surface area contributed by atoms with Crippen LogP contribution in [0.25, 0.3) is 10.8 Å². The van der Waals surface area contributed by atoms with Crippen LogP contribution in [0, 0.1) is 5.92 Å². The maximum Gasteiger partial charge on any atom is 0.00984 e. The lowest BCUT2D eigenvalue weighted by atomic mass is 9.99. The Hall–Kier alpha value is -1.34. The van der Waals surface area contributed by atoms with Crippen molar-refractivity contribution in [3.8, 4) is 0 Å². The number of benzene rings is 2. The van der Waals surface area contributed by atoms with Gasteiger partial charge in [-0.15, -0.1) is 0 Å². The smallest absolute Gasteiger partial charge is 0.00984 e. The van der Waals surface area contributed by atoms with Gasteiger partial charge in [0.1, 0.15) is 0 Å². The summed E-state index contributed by atoms with van der Waals surface area (Å²) in [5.74, 6) is 0.946. The molecular weight excluding hydrogens is 242 g/mol. The van der Waals surface area contributed by atoms with E-state index in [1.165, 1.54) is 55.0 Å². The van der Waals surface area contributed by atoms with Gasteiger partial charge in [-0.25, -0.2) is 0 Å². The van der Waals surface area contributed by atoms with Crippen LogP contribution in [0.2, 0.25) is 0 Å². The van der Waals surface area contributed by atoms with Crippen molar-refractivity contribution in [2.75, 3.05) is 6.54 Å². The van der Waals surface area contributed by atoms with Gasteiger partial charge in [0.15, 0.2) is 0 Å². The first-order valence-corrected chi connectivity index (χ1v) is 8.08. The van der Waals surface area contributed by atoms with Crippen molar-refractivity contribution in [1.82, 2.24) is 5.32 Å². The molecule has 2 aromatic carbocycles. The summed E-state index contributed by atoms with van der Waals surface area (Å²) in [6.45, 7) is 3.42. The van der Waals surface area contributed by atoms with E-state index in [4.69, 9.17) is 0 Å². The molecule has 0 spiro atoms. The molecule has 1 atom stereocenters. The second kappa shape index (κ2) is 6.41. The zero-order valence-corrected chi connectivity index (χ0v) is 12.4. The van der Waals surface area contributed by atoms with Crippen LogP contribution in [0.5, 0.6) is 0 Å². The minimum atomic E-state index is 0.737. The van der Waals surface area contributed by atoms with Crippen LogP contribution in [0.15, 0.2) is 42.5 Å². The molecule has 1 N–H and O–H groups in total. The number of aryl methyl sites for hydroxylation is 1. The van der Waals surface area contributed by atoms with Gasteiger partial charge in [0.2, 0.25) is 0 Å². The van der Waals surface area contributed by atoms with E-state index in [2.05, 4.69) is 54.7 Å². The molecule has 1 nitrogen and oxygen atoms in total. The minimum Gasteiger partial charge on any atom is -0.314 e. The maximum atomic E-state index is 3.74. The van der Waals surface area contributed by atoms with Crippen molar-refractivity contribution in [3.63, 3.8) is 0 Å². The first kappa shape index (κ1) is 13.6. The zero-order valence-electron chi connectivity index (χ0n) is 12.4. The average molecular weight is 267 g/mol. The SMILES string of the molecule is CCCNC(CCc1ccc2ccccc2c1)C1CC1. The van der Waals surface area contributed by atoms with E-state index in [9.17, 15) is 0 Å². The summed E-state index contributed by atoms with van der Waals surface area (Å²) >= 11 is 0. The van der Waals surface area contributed by atoms with Crippen molar-refractivity contribution < 1.29 is 0 Å². The van der Waals surface area contributed by atoms with E-state index in [-0.39, 0.29) is 0 Å². The molecule has 106 valence electrons. The Labute approximate surface area is 122 Å². The molecule has 0 amide bonds. The highest BCUT2D eigenvalue weighted by atomic mass is 14.9. The quantitative estimate of drug-likeness (QED) is 0.776. The Morgan fingerprint density at radius 3 is 2.65 bits per heavy atom. The molecule has 1 heteroatoms. The van der Waals surface area contributed by atoms with Crippen molar-refractivity contribution in [2.45, 2.75) is 45.1 Å². The van der Waals surface area contributed by atoms with Crippen LogP contribution >= 0.6 is 0 Å². The highest BCUT2D eigenvalue weighted by Gasteiger charge is 2.30. The van der Waals surface area contributed by atoms with E-state index in [1.807, 2.05) is 0 Å². The molecule has 0 aliphatic heterocycles. The highest BCUT2D eigenvalue weighted by molar-refractivity contribution is 5.82. The third kappa shape index (κ3) is 3.40. The number of rotatable bonds is 7. The van der Waals surface area contributed by atoms with E-state index in [1.54, 1.807) is 0 Å². The Kier molecular flexibility index (Phi) is 4.37. The molecule has 1 unspecified atom stereocenters. The predicted octanol–water partition coefficient (Wildman–Crippen LogP) is 4.55. The van der Waals surface area contributed by atoms with E-state index < -0.39 is 0 Å². The van der Waals surface area contributed by atoms with Crippen LogP contribution in [0.1, 0.15) is 38.2 Å². The molecule has 0 saturated heterocycles. The molecule has 2 aromatic rings. The largest absolute Gasteiger partial charge is 0.314 e. The van der Waals surface area contributed by atoms with Gasteiger partial charge in [-0.2, -0.15) is 0 Å². The summed E-state index contributed by atoms with van der Waals surface area (Å²) in [6.07, 6.45) is 6.57. The second-order valence-corrected chi connectivity index (χ2v) is 6.12. The first-order chi connectivity index (χ1) is 9.86. The molecule has 1 saturated carbocycles. The second-order valence-electron chi connectivity index (χ2n) is 6.12. The number of fused-ring (bicyclic) bond motifs is 1. The molecule has 20 heavy (non-hydrogen) atoms. The van der Waals surface area contributed by atoms with Gasteiger partial charge in [-0.1, -0.05) is 49.4 Å². The summed E-state index contributed by atoms with van der Waals surface area (Å²) in [4.78, 5) is 0. The van der Waals surface area contributed by atoms with Crippen LogP contribution in [0.4, 0.5) is 0 Å². The summed E-state index contributed by atoms with van der Waals surface area (Å²) in [7, 11) is 0. The van der Waals surface area contributed by atoms with Gasteiger partial charge >= 0.3 is 0 Å². The fraction of sp³-hybridized carbons (Fsp3) is 0.474. The lowest BCUT2D eigenvalue weighted by Crippen LogP contribution is -2.32. The van der Waals surface area contributed by atoms with Crippen LogP contribution in [0.3, 0.4) is 0 Å². The molecule has 0 bridgehead atoms. The molecule has 1 aliphatic carbocycles. The molecule has 0 aromatic heterocycles.